The van der Waals surface area contributed by atoms with Gasteiger partial charge in [0, 0.05) is 5.56 Å². The van der Waals surface area contributed by atoms with E-state index in [1.807, 2.05) is 24.3 Å². The molecule has 0 aromatic heterocycles. The van der Waals surface area contributed by atoms with Crippen LogP contribution in [0.3, 0.4) is 0 Å². The molecule has 0 radical (unpaired) electrons. The van der Waals surface area contributed by atoms with Crippen molar-refractivity contribution in [1.82, 2.24) is 0 Å². The van der Waals surface area contributed by atoms with Gasteiger partial charge < -0.3 is 5.11 Å². The number of halogens is 1. The molecule has 0 spiro atoms. The zero-order chi connectivity index (χ0) is 9.90. The molecule has 0 saturated carbocycles. The third kappa shape index (κ3) is 3.78. The van der Waals surface area contributed by atoms with Gasteiger partial charge >= 0.3 is 0 Å². The summed E-state index contributed by atoms with van der Waals surface area (Å²) in [5.41, 5.74) is 3.02. The highest BCUT2D eigenvalue weighted by molar-refractivity contribution is 9.26. The molecule has 0 fully saturated rings. The summed E-state index contributed by atoms with van der Waals surface area (Å²) in [6, 6.07) is 7.34. The molecule has 1 aromatic carbocycles. The van der Waals surface area contributed by atoms with Crippen molar-refractivity contribution in [1.29, 1.82) is 0 Å². The van der Waals surface area contributed by atoms with Crippen LogP contribution in [0.5, 0.6) is 5.75 Å². The zero-order valence-corrected chi connectivity index (χ0v) is 10.4. The first-order chi connectivity index (χ1) is 5.99. The third-order valence-corrected chi connectivity index (χ3v) is 3.35. The number of aromatic hydroxyl groups is 1. The van der Waals surface area contributed by atoms with Crippen LogP contribution in [0.15, 0.2) is 30.0 Å². The van der Waals surface area contributed by atoms with Crippen LogP contribution in [0.2, 0.25) is 13.1 Å². The highest BCUT2D eigenvalue weighted by Crippen LogP contribution is 2.20. The fourth-order valence-electron chi connectivity index (χ4n) is 0.916. The van der Waals surface area contributed by atoms with Crippen molar-refractivity contribution in [2.24, 2.45) is 0 Å². The van der Waals surface area contributed by atoms with Crippen molar-refractivity contribution >= 4 is 28.1 Å². The molecule has 0 bridgehead atoms. The van der Waals surface area contributed by atoms with Crippen LogP contribution in [0, 0.1) is 0 Å². The maximum absolute atomic E-state index is 9.46. The van der Waals surface area contributed by atoms with E-state index >= 15 is 0 Å². The van der Waals surface area contributed by atoms with E-state index < -0.39 is 6.69 Å². The molecule has 0 aliphatic carbocycles. The van der Waals surface area contributed by atoms with Crippen molar-refractivity contribution in [3.05, 3.63) is 35.5 Å². The van der Waals surface area contributed by atoms with Gasteiger partial charge in [0.25, 0.3) is 0 Å². The molecule has 1 nitrogen and oxygen atoms in total. The molecule has 70 valence electrons. The van der Waals surface area contributed by atoms with Crippen molar-refractivity contribution < 1.29 is 5.11 Å². The quantitative estimate of drug-likeness (QED) is 0.634. The summed E-state index contributed by atoms with van der Waals surface area (Å²) in [5, 5.41) is 9.46. The van der Waals surface area contributed by atoms with Crippen LogP contribution >= 0.6 is 15.3 Å². The van der Waals surface area contributed by atoms with Crippen LogP contribution in [-0.2, 0) is 0 Å². The molecule has 0 heterocycles. The fourth-order valence-corrected chi connectivity index (χ4v) is 1.89. The summed E-state index contributed by atoms with van der Waals surface area (Å²) < 4.78 is 0. The minimum Gasteiger partial charge on any atom is -0.507 e. The summed E-state index contributed by atoms with van der Waals surface area (Å²) in [6.07, 6.45) is 1.97. The highest BCUT2D eigenvalue weighted by atomic mass is 79.9. The number of para-hydroxylation sites is 1. The van der Waals surface area contributed by atoms with Gasteiger partial charge in [0.1, 0.15) is 12.4 Å². The molecular weight excluding hydrogens is 244 g/mol. The number of benzene rings is 1. The summed E-state index contributed by atoms with van der Waals surface area (Å²) in [7, 11) is 0. The van der Waals surface area contributed by atoms with Crippen LogP contribution < -0.4 is 0 Å². The van der Waals surface area contributed by atoms with Crippen LogP contribution in [0.4, 0.5) is 0 Å². The van der Waals surface area contributed by atoms with Gasteiger partial charge in [-0.05, 0) is 6.07 Å². The van der Waals surface area contributed by atoms with Crippen molar-refractivity contribution in [2.75, 3.05) is 0 Å². The highest BCUT2D eigenvalue weighted by Gasteiger charge is 2.10. The second-order valence-electron chi connectivity index (χ2n) is 3.46. The molecule has 1 N–H and O–H groups in total. The molecule has 0 amide bonds. The molecule has 0 unspecified atom stereocenters. The Balaban J connectivity index is 2.86. The predicted molar refractivity (Wildman–Crippen MR) is 63.5 cm³/mol. The standard InChI is InChI=1S/C10H13BrOSi/c1-13(2,11)8-7-9-5-3-4-6-10(9)12/h3-8,12H,1-2H3/b8-7+. The second kappa shape index (κ2) is 4.11. The first-order valence-corrected chi connectivity index (χ1v) is 9.48. The summed E-state index contributed by atoms with van der Waals surface area (Å²) in [6.45, 7) is 3.03. The van der Waals surface area contributed by atoms with Gasteiger partial charge in [-0.1, -0.05) is 43.1 Å². The number of phenolic OH excluding ortho intramolecular Hbond substituents is 1. The molecule has 1 aromatic rings. The Morgan fingerprint density at radius 3 is 2.46 bits per heavy atom. The van der Waals surface area contributed by atoms with Crippen molar-refractivity contribution in [3.8, 4) is 5.75 Å². The van der Waals surface area contributed by atoms with Crippen LogP contribution in [-0.4, -0.2) is 11.8 Å². The van der Waals surface area contributed by atoms with E-state index in [4.69, 9.17) is 0 Å². The van der Waals surface area contributed by atoms with Crippen molar-refractivity contribution in [2.45, 2.75) is 13.1 Å². The largest absolute Gasteiger partial charge is 0.507 e. The molecular formula is C10H13BrOSi. The average molecular weight is 257 g/mol. The van der Waals surface area contributed by atoms with Crippen LogP contribution in [0.1, 0.15) is 5.56 Å². The van der Waals surface area contributed by atoms with E-state index in [1.54, 1.807) is 6.07 Å². The van der Waals surface area contributed by atoms with E-state index in [1.165, 1.54) is 0 Å². The normalized spacial score (nSPS) is 12.2. The molecule has 0 saturated heterocycles. The lowest BCUT2D eigenvalue weighted by Crippen LogP contribution is -2.10. The number of hydrogen-bond donors (Lipinski definition) is 1. The van der Waals surface area contributed by atoms with Gasteiger partial charge in [-0.3, -0.25) is 0 Å². The van der Waals surface area contributed by atoms with Gasteiger partial charge in [-0.25, -0.2) is 0 Å². The molecule has 13 heavy (non-hydrogen) atoms. The van der Waals surface area contributed by atoms with Crippen LogP contribution in [0.25, 0.3) is 6.08 Å². The van der Waals surface area contributed by atoms with Gasteiger partial charge in [0.05, 0.1) is 0 Å². The number of rotatable bonds is 2. The Hall–Kier alpha value is -0.543. The molecule has 0 aliphatic heterocycles. The Kier molecular flexibility index (Phi) is 3.33. The van der Waals surface area contributed by atoms with E-state index in [-0.39, 0.29) is 0 Å². The Morgan fingerprint density at radius 2 is 1.92 bits per heavy atom. The molecule has 0 aliphatic rings. The maximum atomic E-state index is 9.46. The Bertz CT molecular complexity index is 315. The lowest BCUT2D eigenvalue weighted by Gasteiger charge is -2.05. The van der Waals surface area contributed by atoms with Gasteiger partial charge in [0.15, 0.2) is 0 Å². The number of phenols is 1. The molecule has 1 rings (SSSR count). The predicted octanol–water partition coefficient (Wildman–Crippen LogP) is 3.54. The SMILES string of the molecule is C[Si](C)(Br)/C=C/c1ccccc1O. The smallest absolute Gasteiger partial charge is 0.147 e. The summed E-state index contributed by atoms with van der Waals surface area (Å²) in [4.78, 5) is 0. The van der Waals surface area contributed by atoms with E-state index in [9.17, 15) is 5.11 Å². The monoisotopic (exact) mass is 256 g/mol. The molecule has 0 atom stereocenters. The van der Waals surface area contributed by atoms with Crippen molar-refractivity contribution in [3.63, 3.8) is 0 Å². The second-order valence-corrected chi connectivity index (χ2v) is 13.1. The van der Waals surface area contributed by atoms with E-state index in [0.29, 0.717) is 5.75 Å². The van der Waals surface area contributed by atoms with E-state index in [2.05, 4.69) is 34.1 Å². The Morgan fingerprint density at radius 1 is 1.31 bits per heavy atom. The number of hydrogen-bond acceptors (Lipinski definition) is 1. The lowest BCUT2D eigenvalue weighted by molar-refractivity contribution is 0.474. The van der Waals surface area contributed by atoms with Gasteiger partial charge in [0.2, 0.25) is 0 Å². The first-order valence-electron chi connectivity index (χ1n) is 4.15. The van der Waals surface area contributed by atoms with Gasteiger partial charge in [-0.15, -0.1) is 15.3 Å². The topological polar surface area (TPSA) is 20.2 Å². The molecule has 3 heteroatoms. The minimum atomic E-state index is -1.34. The maximum Gasteiger partial charge on any atom is 0.147 e. The average Bonchev–Trinajstić information content (AvgIpc) is 2.01. The third-order valence-electron chi connectivity index (χ3n) is 1.60. The lowest BCUT2D eigenvalue weighted by atomic mass is 10.2. The van der Waals surface area contributed by atoms with Gasteiger partial charge in [-0.2, -0.15) is 0 Å². The van der Waals surface area contributed by atoms with E-state index in [0.717, 1.165) is 5.56 Å². The zero-order valence-electron chi connectivity index (χ0n) is 7.79. The Labute approximate surface area is 87.7 Å². The fraction of sp³-hybridized carbons (Fsp3) is 0.200. The summed E-state index contributed by atoms with van der Waals surface area (Å²) in [5.74, 6) is 0.338. The minimum absolute atomic E-state index is 0.338. The first kappa shape index (κ1) is 10.5. The summed E-state index contributed by atoms with van der Waals surface area (Å²) >= 11 is 3.63.